The van der Waals surface area contributed by atoms with Crippen LogP contribution in [0.3, 0.4) is 0 Å². The van der Waals surface area contributed by atoms with E-state index < -0.39 is 11.7 Å². The number of azo groups is 1. The zero-order valence-electron chi connectivity index (χ0n) is 19.6. The van der Waals surface area contributed by atoms with E-state index in [0.717, 1.165) is 23.0 Å². The van der Waals surface area contributed by atoms with Crippen LogP contribution in [0.2, 0.25) is 0 Å². The van der Waals surface area contributed by atoms with Crippen LogP contribution in [0.1, 0.15) is 50.4 Å². The van der Waals surface area contributed by atoms with Gasteiger partial charge in [0.1, 0.15) is 5.82 Å². The van der Waals surface area contributed by atoms with Crippen molar-refractivity contribution in [1.29, 1.82) is 0 Å². The summed E-state index contributed by atoms with van der Waals surface area (Å²) in [5.74, 6) is -1.05. The molecule has 2 heterocycles. The molecule has 3 aromatic rings. The number of amides is 1. The Kier molecular flexibility index (Phi) is 5.64. The smallest absolute Gasteiger partial charge is 0.295 e. The Bertz CT molecular complexity index is 1300. The number of aromatic nitrogens is 1. The van der Waals surface area contributed by atoms with Gasteiger partial charge in [-0.3, -0.25) is 14.3 Å². The van der Waals surface area contributed by atoms with Crippen LogP contribution in [0, 0.1) is 16.6 Å². The van der Waals surface area contributed by atoms with Crippen LogP contribution in [-0.4, -0.2) is 33.1 Å². The number of fused-ring (bicyclic) bond motifs is 3. The van der Waals surface area contributed by atoms with Gasteiger partial charge in [-0.15, -0.1) is 10.2 Å². The fourth-order valence-electron chi connectivity index (χ4n) is 6.21. The summed E-state index contributed by atoms with van der Waals surface area (Å²) in [7, 11) is 0. The Hall–Kier alpha value is -2.58. The normalized spacial score (nSPS) is 24.3. The van der Waals surface area contributed by atoms with Crippen molar-refractivity contribution in [2.45, 2.75) is 52.7 Å². The minimum Gasteiger partial charge on any atom is -0.493 e. The summed E-state index contributed by atoms with van der Waals surface area (Å²) in [4.78, 5) is 14.9. The number of nitrogens with zero attached hydrogens (tertiary/aromatic N) is 4. The summed E-state index contributed by atoms with van der Waals surface area (Å²) in [6.45, 7) is 8.58. The predicted molar refractivity (Wildman–Crippen MR) is 133 cm³/mol. The van der Waals surface area contributed by atoms with Crippen molar-refractivity contribution in [1.82, 2.24) is 9.47 Å². The summed E-state index contributed by atoms with van der Waals surface area (Å²) in [5.41, 5.74) is 1.89. The molecule has 2 aliphatic rings. The van der Waals surface area contributed by atoms with E-state index in [2.05, 4.69) is 51.8 Å². The second-order valence-corrected chi connectivity index (χ2v) is 11.8. The Balaban J connectivity index is 1.49. The number of hydrogen-bond donors (Lipinski definition) is 1. The van der Waals surface area contributed by atoms with Gasteiger partial charge in [-0.1, -0.05) is 36.7 Å². The molecule has 1 aromatic heterocycles. The molecular formula is C26H28BrFN4O2. The van der Waals surface area contributed by atoms with Gasteiger partial charge in [0, 0.05) is 28.0 Å². The van der Waals surface area contributed by atoms with Gasteiger partial charge in [0.25, 0.3) is 5.91 Å². The minimum atomic E-state index is -0.598. The molecule has 2 bridgehead atoms. The fraction of sp³-hybridized carbons (Fsp3) is 0.423. The summed E-state index contributed by atoms with van der Waals surface area (Å²) < 4.78 is 15.9. The zero-order valence-corrected chi connectivity index (χ0v) is 21.1. The number of carbonyl (C=O) groups is 1. The lowest BCUT2D eigenvalue weighted by atomic mass is 9.65. The third-order valence-corrected chi connectivity index (χ3v) is 7.64. The van der Waals surface area contributed by atoms with Gasteiger partial charge in [0.05, 0.1) is 12.2 Å². The molecule has 1 saturated carbocycles. The van der Waals surface area contributed by atoms with Crippen molar-refractivity contribution in [3.8, 4) is 5.88 Å². The summed E-state index contributed by atoms with van der Waals surface area (Å²) in [6, 6.07) is 11.3. The van der Waals surface area contributed by atoms with Gasteiger partial charge in [-0.05, 0) is 72.6 Å². The lowest BCUT2D eigenvalue weighted by molar-refractivity contribution is 0.0995. The molecule has 5 rings (SSSR count). The molecule has 1 N–H and O–H groups in total. The molecule has 0 unspecified atom stereocenters. The maximum Gasteiger partial charge on any atom is 0.295 e. The molecule has 1 aliphatic heterocycles. The molecule has 1 saturated heterocycles. The first-order chi connectivity index (χ1) is 16.0. The molecule has 2 atom stereocenters. The van der Waals surface area contributed by atoms with Crippen molar-refractivity contribution in [3.63, 3.8) is 0 Å². The van der Waals surface area contributed by atoms with E-state index in [1.54, 1.807) is 0 Å². The number of hydrogen-bond acceptors (Lipinski definition) is 4. The molecule has 0 radical (unpaired) electrons. The van der Waals surface area contributed by atoms with Crippen LogP contribution in [0.15, 0.2) is 57.2 Å². The first-order valence-electron chi connectivity index (χ1n) is 11.5. The van der Waals surface area contributed by atoms with Crippen LogP contribution in [0.4, 0.5) is 10.1 Å². The molecule has 2 aromatic carbocycles. The number of benzene rings is 2. The number of aromatic hydroxyl groups is 1. The summed E-state index contributed by atoms with van der Waals surface area (Å²) in [6.07, 6.45) is 3.50. The van der Waals surface area contributed by atoms with Crippen molar-refractivity contribution >= 4 is 38.4 Å². The lowest BCUT2D eigenvalue weighted by Crippen LogP contribution is -2.35. The fourth-order valence-corrected chi connectivity index (χ4v) is 6.57. The lowest BCUT2D eigenvalue weighted by Gasteiger charge is -2.40. The van der Waals surface area contributed by atoms with E-state index in [1.165, 1.54) is 37.1 Å². The van der Waals surface area contributed by atoms with Crippen molar-refractivity contribution in [2.75, 3.05) is 6.54 Å². The highest BCUT2D eigenvalue weighted by Crippen LogP contribution is 2.53. The van der Waals surface area contributed by atoms with Gasteiger partial charge < -0.3 is 5.11 Å². The maximum atomic E-state index is 13.2. The zero-order chi connectivity index (χ0) is 24.3. The minimum absolute atomic E-state index is 0.0189. The molecule has 34 heavy (non-hydrogen) atoms. The third kappa shape index (κ3) is 4.29. The van der Waals surface area contributed by atoms with Crippen LogP contribution in [0.25, 0.3) is 10.9 Å². The summed E-state index contributed by atoms with van der Waals surface area (Å²) in [5, 5.41) is 19.9. The predicted octanol–water partition coefficient (Wildman–Crippen LogP) is 7.03. The van der Waals surface area contributed by atoms with Gasteiger partial charge in [0.2, 0.25) is 5.88 Å². The van der Waals surface area contributed by atoms with E-state index >= 15 is 0 Å². The Morgan fingerprint density at radius 2 is 1.91 bits per heavy atom. The highest BCUT2D eigenvalue weighted by atomic mass is 79.9. The van der Waals surface area contributed by atoms with Gasteiger partial charge >= 0.3 is 0 Å². The van der Waals surface area contributed by atoms with Crippen LogP contribution >= 0.6 is 15.9 Å². The molecule has 0 spiro atoms. The maximum absolute atomic E-state index is 13.2. The molecular weight excluding hydrogens is 499 g/mol. The van der Waals surface area contributed by atoms with E-state index in [9.17, 15) is 14.3 Å². The van der Waals surface area contributed by atoms with Gasteiger partial charge in [-0.2, -0.15) is 0 Å². The number of halogens is 2. The largest absolute Gasteiger partial charge is 0.493 e. The molecule has 1 amide bonds. The molecule has 6 nitrogen and oxygen atoms in total. The van der Waals surface area contributed by atoms with E-state index in [1.807, 2.05) is 22.8 Å². The van der Waals surface area contributed by atoms with Gasteiger partial charge in [-0.25, -0.2) is 4.39 Å². The summed E-state index contributed by atoms with van der Waals surface area (Å²) >= 11 is 3.49. The van der Waals surface area contributed by atoms with E-state index in [4.69, 9.17) is 0 Å². The van der Waals surface area contributed by atoms with Crippen molar-refractivity contribution in [2.24, 2.45) is 21.1 Å². The van der Waals surface area contributed by atoms with Crippen LogP contribution in [-0.2, 0) is 6.67 Å². The number of rotatable bonds is 4. The van der Waals surface area contributed by atoms with Crippen LogP contribution in [0.5, 0.6) is 5.88 Å². The highest BCUT2D eigenvalue weighted by Gasteiger charge is 2.49. The second-order valence-electron chi connectivity index (χ2n) is 10.9. The molecule has 178 valence electrons. The third-order valence-electron chi connectivity index (χ3n) is 7.15. The van der Waals surface area contributed by atoms with E-state index in [-0.39, 0.29) is 22.5 Å². The number of carbonyl (C=O) groups excluding carboxylic acids is 1. The average Bonchev–Trinajstić information content (AvgIpc) is 3.15. The van der Waals surface area contributed by atoms with Crippen LogP contribution < -0.4 is 0 Å². The standard InChI is InChI=1S/C26H28BrFN4O2/c1-25(2)11-19-12-26(3,13-25)14-31(19)15-32-21-9-6-17(27)10-20(21)22(24(32)34)29-30-23(33)16-4-7-18(28)8-5-16/h4-10,19,34H,11-15H2,1-3H3/t19-,26+/m0/s1. The molecule has 2 fully saturated rings. The monoisotopic (exact) mass is 526 g/mol. The highest BCUT2D eigenvalue weighted by molar-refractivity contribution is 9.10. The topological polar surface area (TPSA) is 70.2 Å². The van der Waals surface area contributed by atoms with E-state index in [0.29, 0.717) is 23.5 Å². The SMILES string of the molecule is CC1(C)C[C@H]2C[C@@](C)(CN2Cn2c(O)c(N=NC(=O)c3ccc(F)cc3)c3cc(Br)ccc32)C1. The first kappa shape index (κ1) is 23.2. The average molecular weight is 527 g/mol. The Morgan fingerprint density at radius 1 is 1.18 bits per heavy atom. The Morgan fingerprint density at radius 3 is 2.65 bits per heavy atom. The first-order valence-corrected chi connectivity index (χ1v) is 12.3. The molecule has 1 aliphatic carbocycles. The van der Waals surface area contributed by atoms with Crippen molar-refractivity contribution < 1.29 is 14.3 Å². The van der Waals surface area contributed by atoms with Crippen molar-refractivity contribution in [3.05, 3.63) is 58.3 Å². The molecule has 8 heteroatoms. The number of likely N-dealkylation sites (tertiary alicyclic amines) is 1. The quantitative estimate of drug-likeness (QED) is 0.371. The Labute approximate surface area is 206 Å². The van der Waals surface area contributed by atoms with Gasteiger partial charge in [0.15, 0.2) is 5.69 Å². The second kappa shape index (κ2) is 8.27.